The first kappa shape index (κ1) is 15.6. The average molecular weight is 348 g/mol. The summed E-state index contributed by atoms with van der Waals surface area (Å²) in [5.41, 5.74) is 0.985. The number of ether oxygens (including phenoxy) is 1. The predicted octanol–water partition coefficient (Wildman–Crippen LogP) is 1.70. The molecule has 0 unspecified atom stereocenters. The van der Waals surface area contributed by atoms with Gasteiger partial charge in [-0.2, -0.15) is 9.40 Å². The quantitative estimate of drug-likeness (QED) is 0.912. The van der Waals surface area contributed by atoms with Crippen LogP contribution in [0, 0.1) is 0 Å². The molecule has 0 atom stereocenters. The van der Waals surface area contributed by atoms with E-state index in [0.29, 0.717) is 30.3 Å². The summed E-state index contributed by atoms with van der Waals surface area (Å²) >= 11 is 0. The Morgan fingerprint density at radius 2 is 2.08 bits per heavy atom. The molecule has 0 bridgehead atoms. The number of piperidine rings is 1. The summed E-state index contributed by atoms with van der Waals surface area (Å²) in [6.45, 7) is 1.54. The second kappa shape index (κ2) is 6.18. The molecule has 0 amide bonds. The van der Waals surface area contributed by atoms with E-state index in [0.717, 1.165) is 37.1 Å². The summed E-state index contributed by atoms with van der Waals surface area (Å²) < 4.78 is 33.4. The lowest BCUT2D eigenvalue weighted by Crippen LogP contribution is -2.38. The summed E-state index contributed by atoms with van der Waals surface area (Å²) in [6.07, 6.45) is 4.77. The van der Waals surface area contributed by atoms with Gasteiger partial charge in [-0.15, -0.1) is 0 Å². The van der Waals surface area contributed by atoms with E-state index in [-0.39, 0.29) is 5.92 Å². The third-order valence-corrected chi connectivity index (χ3v) is 6.71. The summed E-state index contributed by atoms with van der Waals surface area (Å²) in [4.78, 5) is 4.49. The van der Waals surface area contributed by atoms with Crippen molar-refractivity contribution >= 4 is 10.0 Å². The monoisotopic (exact) mass is 348 g/mol. The van der Waals surface area contributed by atoms with Gasteiger partial charge in [0.1, 0.15) is 22.8 Å². The fourth-order valence-corrected chi connectivity index (χ4v) is 5.13. The van der Waals surface area contributed by atoms with E-state index in [1.807, 2.05) is 12.1 Å². The fraction of sp³-hybridized carbons (Fsp3) is 0.500. The van der Waals surface area contributed by atoms with Crippen molar-refractivity contribution in [3.63, 3.8) is 0 Å². The van der Waals surface area contributed by atoms with Crippen LogP contribution < -0.4 is 4.74 Å². The molecule has 1 aromatic carbocycles. The Labute approximate surface area is 141 Å². The smallest absolute Gasteiger partial charge is 0.246 e. The third kappa shape index (κ3) is 2.69. The molecule has 1 aromatic heterocycles. The zero-order valence-electron chi connectivity index (χ0n) is 13.3. The average Bonchev–Trinajstić information content (AvgIpc) is 3.16. The molecule has 2 aromatic rings. The Kier molecular flexibility index (Phi) is 4.01. The molecule has 1 N–H and O–H groups in total. The molecular weight excluding hydrogens is 328 g/mol. The number of hydrogen-bond acceptors (Lipinski definition) is 5. The minimum atomic E-state index is -3.53. The van der Waals surface area contributed by atoms with Crippen molar-refractivity contribution in [2.45, 2.75) is 36.5 Å². The maximum atomic E-state index is 13.1. The molecule has 0 radical (unpaired) electrons. The van der Waals surface area contributed by atoms with Gasteiger partial charge in [-0.1, -0.05) is 12.1 Å². The Hall–Kier alpha value is -1.93. The Balaban J connectivity index is 1.56. The van der Waals surface area contributed by atoms with Gasteiger partial charge in [0.05, 0.1) is 6.61 Å². The van der Waals surface area contributed by atoms with Crippen molar-refractivity contribution in [1.29, 1.82) is 0 Å². The summed E-state index contributed by atoms with van der Waals surface area (Å²) in [5.74, 6) is 1.62. The number of aromatic nitrogens is 3. The van der Waals surface area contributed by atoms with Crippen LogP contribution in [0.4, 0.5) is 0 Å². The van der Waals surface area contributed by atoms with Crippen molar-refractivity contribution < 1.29 is 13.2 Å². The number of H-pyrrole nitrogens is 1. The van der Waals surface area contributed by atoms with Gasteiger partial charge in [-0.3, -0.25) is 5.10 Å². The Morgan fingerprint density at radius 1 is 1.25 bits per heavy atom. The summed E-state index contributed by atoms with van der Waals surface area (Å²) in [5, 5.41) is 6.76. The van der Waals surface area contributed by atoms with Crippen LogP contribution in [0.5, 0.6) is 5.75 Å². The summed E-state index contributed by atoms with van der Waals surface area (Å²) in [7, 11) is -3.53. The lowest BCUT2D eigenvalue weighted by atomic mass is 9.98. The molecule has 128 valence electrons. The first-order valence-corrected chi connectivity index (χ1v) is 9.70. The van der Waals surface area contributed by atoms with E-state index in [9.17, 15) is 8.42 Å². The fourth-order valence-electron chi connectivity index (χ4n) is 3.48. The molecule has 2 aliphatic heterocycles. The number of hydrogen-bond donors (Lipinski definition) is 1. The van der Waals surface area contributed by atoms with E-state index in [1.165, 1.54) is 6.33 Å². The SMILES string of the molecule is O=S(=O)(c1cccc2c1OCCC2)N1CCC(c2ncn[nH]2)CC1. The normalized spacial score (nSPS) is 19.7. The topological polar surface area (TPSA) is 88.2 Å². The molecule has 4 rings (SSSR count). The van der Waals surface area contributed by atoms with E-state index < -0.39 is 10.0 Å². The van der Waals surface area contributed by atoms with Crippen LogP contribution in [0.3, 0.4) is 0 Å². The highest BCUT2D eigenvalue weighted by molar-refractivity contribution is 7.89. The predicted molar refractivity (Wildman–Crippen MR) is 87.4 cm³/mol. The number of nitrogens with zero attached hydrogens (tertiary/aromatic N) is 3. The lowest BCUT2D eigenvalue weighted by Gasteiger charge is -2.31. The molecule has 8 heteroatoms. The zero-order chi connectivity index (χ0) is 16.6. The molecule has 0 spiro atoms. The Morgan fingerprint density at radius 3 is 2.83 bits per heavy atom. The number of sulfonamides is 1. The number of aryl methyl sites for hydroxylation is 1. The van der Waals surface area contributed by atoms with Gasteiger partial charge in [0.15, 0.2) is 0 Å². The van der Waals surface area contributed by atoms with Crippen LogP contribution in [0.15, 0.2) is 29.4 Å². The number of para-hydroxylation sites is 1. The van der Waals surface area contributed by atoms with E-state index >= 15 is 0 Å². The number of fused-ring (bicyclic) bond motifs is 1. The van der Waals surface area contributed by atoms with Crippen LogP contribution >= 0.6 is 0 Å². The minimum Gasteiger partial charge on any atom is -0.492 e. The van der Waals surface area contributed by atoms with Crippen LogP contribution in [-0.4, -0.2) is 47.6 Å². The standard InChI is InChI=1S/C16H20N4O3S/c21-24(22,14-5-1-3-12-4-2-10-23-15(12)14)20-8-6-13(7-9-20)16-17-11-18-19-16/h1,3,5,11,13H,2,4,6-10H2,(H,17,18,19). The Bertz CT molecular complexity index is 812. The van der Waals surface area contributed by atoms with Gasteiger partial charge in [0, 0.05) is 19.0 Å². The summed E-state index contributed by atoms with van der Waals surface area (Å²) in [6, 6.07) is 5.41. The molecule has 3 heterocycles. The lowest BCUT2D eigenvalue weighted by molar-refractivity contribution is 0.276. The van der Waals surface area contributed by atoms with Crippen molar-refractivity contribution in [2.75, 3.05) is 19.7 Å². The molecular formula is C16H20N4O3S. The van der Waals surface area contributed by atoms with Crippen molar-refractivity contribution in [3.05, 3.63) is 35.9 Å². The highest BCUT2D eigenvalue weighted by Crippen LogP contribution is 2.36. The van der Waals surface area contributed by atoms with Crippen molar-refractivity contribution in [3.8, 4) is 5.75 Å². The molecule has 0 saturated carbocycles. The minimum absolute atomic E-state index is 0.236. The van der Waals surface area contributed by atoms with Gasteiger partial charge in [0.25, 0.3) is 0 Å². The first-order chi connectivity index (χ1) is 11.7. The largest absolute Gasteiger partial charge is 0.492 e. The maximum Gasteiger partial charge on any atom is 0.246 e. The number of aromatic amines is 1. The second-order valence-electron chi connectivity index (χ2n) is 6.25. The van der Waals surface area contributed by atoms with Crippen LogP contribution in [0.25, 0.3) is 0 Å². The molecule has 2 aliphatic rings. The number of nitrogens with one attached hydrogen (secondary N) is 1. The van der Waals surface area contributed by atoms with E-state index in [4.69, 9.17) is 4.74 Å². The molecule has 1 fully saturated rings. The van der Waals surface area contributed by atoms with E-state index in [1.54, 1.807) is 10.4 Å². The van der Waals surface area contributed by atoms with Crippen LogP contribution in [0.1, 0.15) is 36.6 Å². The second-order valence-corrected chi connectivity index (χ2v) is 8.15. The van der Waals surface area contributed by atoms with E-state index in [2.05, 4.69) is 15.2 Å². The highest BCUT2D eigenvalue weighted by atomic mass is 32.2. The van der Waals surface area contributed by atoms with Crippen LogP contribution in [-0.2, 0) is 16.4 Å². The van der Waals surface area contributed by atoms with Crippen molar-refractivity contribution in [2.24, 2.45) is 0 Å². The third-order valence-electron chi connectivity index (χ3n) is 4.79. The van der Waals surface area contributed by atoms with Crippen LogP contribution in [0.2, 0.25) is 0 Å². The van der Waals surface area contributed by atoms with Gasteiger partial charge in [-0.25, -0.2) is 13.4 Å². The molecule has 24 heavy (non-hydrogen) atoms. The number of rotatable bonds is 3. The van der Waals surface area contributed by atoms with Crippen molar-refractivity contribution in [1.82, 2.24) is 19.5 Å². The molecule has 0 aliphatic carbocycles. The van der Waals surface area contributed by atoms with Gasteiger partial charge in [-0.05, 0) is 37.3 Å². The first-order valence-electron chi connectivity index (χ1n) is 8.26. The van der Waals surface area contributed by atoms with Gasteiger partial charge >= 0.3 is 0 Å². The zero-order valence-corrected chi connectivity index (χ0v) is 14.1. The van der Waals surface area contributed by atoms with Gasteiger partial charge < -0.3 is 4.74 Å². The number of benzene rings is 1. The maximum absolute atomic E-state index is 13.1. The molecule has 7 nitrogen and oxygen atoms in total. The molecule has 1 saturated heterocycles. The van der Waals surface area contributed by atoms with Gasteiger partial charge in [0.2, 0.25) is 10.0 Å². The highest BCUT2D eigenvalue weighted by Gasteiger charge is 2.33.